The summed E-state index contributed by atoms with van der Waals surface area (Å²) >= 11 is 0. The van der Waals surface area contributed by atoms with Crippen LogP contribution in [-0.4, -0.2) is 14.8 Å². The van der Waals surface area contributed by atoms with Crippen molar-refractivity contribution in [3.8, 4) is 0 Å². The summed E-state index contributed by atoms with van der Waals surface area (Å²) in [5.74, 6) is 0. The highest BCUT2D eigenvalue weighted by Crippen LogP contribution is 2.29. The smallest absolute Gasteiger partial charge is 0.0659 e. The molecule has 0 aliphatic heterocycles. The molecule has 1 unspecified atom stereocenters. The van der Waals surface area contributed by atoms with E-state index in [9.17, 15) is 0 Å². The molecule has 2 aromatic heterocycles. The molecule has 0 spiro atoms. The van der Waals surface area contributed by atoms with Crippen LogP contribution in [0.1, 0.15) is 49.9 Å². The Morgan fingerprint density at radius 2 is 1.88 bits per heavy atom. The van der Waals surface area contributed by atoms with Crippen LogP contribution in [0, 0.1) is 5.41 Å². The van der Waals surface area contributed by atoms with E-state index >= 15 is 0 Å². The van der Waals surface area contributed by atoms with Crippen molar-refractivity contribution in [1.29, 1.82) is 0 Å². The predicted molar refractivity (Wildman–Crippen MR) is 106 cm³/mol. The van der Waals surface area contributed by atoms with Crippen LogP contribution < -0.4 is 5.32 Å². The molecule has 0 amide bonds. The Kier molecular flexibility index (Phi) is 5.84. The van der Waals surface area contributed by atoms with Gasteiger partial charge in [0.25, 0.3) is 0 Å². The maximum atomic E-state index is 4.30. The van der Waals surface area contributed by atoms with Crippen LogP contribution in [0.5, 0.6) is 0 Å². The molecule has 0 fully saturated rings. The number of rotatable bonds is 7. The Morgan fingerprint density at radius 3 is 2.58 bits per heavy atom. The Hall–Kier alpha value is -2.46. The van der Waals surface area contributed by atoms with Gasteiger partial charge >= 0.3 is 0 Å². The first-order valence-electron chi connectivity index (χ1n) is 9.18. The maximum Gasteiger partial charge on any atom is 0.0659 e. The summed E-state index contributed by atoms with van der Waals surface area (Å²) in [6.45, 7) is 8.48. The fourth-order valence-corrected chi connectivity index (χ4v) is 3.16. The van der Waals surface area contributed by atoms with Gasteiger partial charge in [0.15, 0.2) is 0 Å². The normalized spacial score (nSPS) is 12.9. The summed E-state index contributed by atoms with van der Waals surface area (Å²) in [7, 11) is 0. The highest BCUT2D eigenvalue weighted by Gasteiger charge is 2.20. The number of hydrogen-bond acceptors (Lipinski definition) is 3. The van der Waals surface area contributed by atoms with Crippen molar-refractivity contribution in [2.75, 3.05) is 0 Å². The molecule has 3 rings (SSSR count). The molecule has 1 N–H and O–H groups in total. The van der Waals surface area contributed by atoms with E-state index in [4.69, 9.17) is 0 Å². The maximum absolute atomic E-state index is 4.30. The lowest BCUT2D eigenvalue weighted by Gasteiger charge is -2.27. The first kappa shape index (κ1) is 18.3. The predicted octanol–water partition coefficient (Wildman–Crippen LogP) is 4.59. The van der Waals surface area contributed by atoms with Crippen LogP contribution in [0.4, 0.5) is 0 Å². The van der Waals surface area contributed by atoms with Crippen LogP contribution in [0.15, 0.2) is 67.3 Å². The summed E-state index contributed by atoms with van der Waals surface area (Å²) in [4.78, 5) is 4.30. The van der Waals surface area contributed by atoms with Gasteiger partial charge in [-0.15, -0.1) is 0 Å². The average molecular weight is 348 g/mol. The molecule has 1 atom stereocenters. The highest BCUT2D eigenvalue weighted by atomic mass is 15.3. The topological polar surface area (TPSA) is 42.7 Å². The van der Waals surface area contributed by atoms with Crippen LogP contribution >= 0.6 is 0 Å². The second kappa shape index (κ2) is 8.28. The van der Waals surface area contributed by atoms with Crippen molar-refractivity contribution in [2.45, 2.75) is 46.3 Å². The quantitative estimate of drug-likeness (QED) is 0.679. The molecule has 0 bridgehead atoms. The molecule has 26 heavy (non-hydrogen) atoms. The lowest BCUT2D eigenvalue weighted by Crippen LogP contribution is -2.25. The van der Waals surface area contributed by atoms with Crippen molar-refractivity contribution >= 4 is 0 Å². The average Bonchev–Trinajstić information content (AvgIpc) is 3.12. The van der Waals surface area contributed by atoms with Gasteiger partial charge in [-0.2, -0.15) is 5.10 Å². The second-order valence-electron chi connectivity index (χ2n) is 8.01. The van der Waals surface area contributed by atoms with Gasteiger partial charge in [-0.3, -0.25) is 9.67 Å². The third-order valence-corrected chi connectivity index (χ3v) is 4.35. The fourth-order valence-electron chi connectivity index (χ4n) is 3.16. The minimum absolute atomic E-state index is 0.245. The van der Waals surface area contributed by atoms with E-state index in [0.717, 1.165) is 19.5 Å². The lowest BCUT2D eigenvalue weighted by molar-refractivity contribution is 0.310. The number of benzene rings is 1. The zero-order valence-corrected chi connectivity index (χ0v) is 15.9. The summed E-state index contributed by atoms with van der Waals surface area (Å²) in [5.41, 5.74) is 4.05. The zero-order valence-electron chi connectivity index (χ0n) is 15.9. The van der Waals surface area contributed by atoms with Gasteiger partial charge in [0.05, 0.1) is 6.54 Å². The van der Waals surface area contributed by atoms with E-state index < -0.39 is 0 Å². The minimum atomic E-state index is 0.245. The number of nitrogens with one attached hydrogen (secondary N) is 1. The third kappa shape index (κ3) is 5.53. The van der Waals surface area contributed by atoms with Crippen molar-refractivity contribution in [1.82, 2.24) is 20.1 Å². The Labute approximate surface area is 156 Å². The summed E-state index contributed by atoms with van der Waals surface area (Å²) in [6.07, 6.45) is 8.67. The van der Waals surface area contributed by atoms with Crippen molar-refractivity contribution in [3.05, 3.63) is 83.9 Å². The molecular formula is C22H28N4. The number of nitrogens with zero attached hydrogens (tertiary/aromatic N) is 3. The van der Waals surface area contributed by atoms with Crippen LogP contribution in [0.25, 0.3) is 0 Å². The highest BCUT2D eigenvalue weighted by molar-refractivity contribution is 5.24. The van der Waals surface area contributed by atoms with Gasteiger partial charge in [0.2, 0.25) is 0 Å². The molecule has 4 nitrogen and oxygen atoms in total. The number of pyridine rings is 1. The van der Waals surface area contributed by atoms with Gasteiger partial charge in [-0.25, -0.2) is 0 Å². The largest absolute Gasteiger partial charge is 0.306 e. The Morgan fingerprint density at radius 1 is 1.04 bits per heavy atom. The first-order valence-corrected chi connectivity index (χ1v) is 9.18. The van der Waals surface area contributed by atoms with Gasteiger partial charge in [0, 0.05) is 37.4 Å². The molecule has 0 saturated carbocycles. The molecule has 2 heterocycles. The molecule has 1 aromatic carbocycles. The van der Waals surface area contributed by atoms with Gasteiger partial charge in [0.1, 0.15) is 0 Å². The van der Waals surface area contributed by atoms with Crippen LogP contribution in [0.2, 0.25) is 0 Å². The third-order valence-electron chi connectivity index (χ3n) is 4.35. The SMILES string of the molecule is CC(C)(C)CC(NCc1cccc(Cn2cccn2)c1)c1cccnc1. The molecule has 0 saturated heterocycles. The molecule has 0 radical (unpaired) electrons. The molecule has 3 aromatic rings. The number of hydrogen-bond donors (Lipinski definition) is 1. The van der Waals surface area contributed by atoms with Crippen molar-refractivity contribution in [2.24, 2.45) is 5.41 Å². The van der Waals surface area contributed by atoms with E-state index in [1.54, 1.807) is 0 Å². The lowest BCUT2D eigenvalue weighted by atomic mass is 9.85. The summed E-state index contributed by atoms with van der Waals surface area (Å²) in [5, 5.41) is 8.02. The Bertz CT molecular complexity index is 789. The van der Waals surface area contributed by atoms with E-state index in [1.807, 2.05) is 41.6 Å². The van der Waals surface area contributed by atoms with Gasteiger partial charge < -0.3 is 5.32 Å². The Balaban J connectivity index is 1.68. The molecule has 4 heteroatoms. The van der Waals surface area contributed by atoms with E-state index in [1.165, 1.54) is 16.7 Å². The minimum Gasteiger partial charge on any atom is -0.306 e. The second-order valence-corrected chi connectivity index (χ2v) is 8.01. The zero-order chi connectivity index (χ0) is 18.4. The van der Waals surface area contributed by atoms with Crippen molar-refractivity contribution < 1.29 is 0 Å². The van der Waals surface area contributed by atoms with E-state index in [0.29, 0.717) is 6.04 Å². The van der Waals surface area contributed by atoms with Gasteiger partial charge in [-0.05, 0) is 40.7 Å². The summed E-state index contributed by atoms with van der Waals surface area (Å²) in [6, 6.07) is 15.1. The standard InChI is InChI=1S/C22H28N4/c1-22(2,3)14-21(20-9-5-10-23-16-20)24-15-18-7-4-8-19(13-18)17-26-12-6-11-25-26/h4-13,16,21,24H,14-15,17H2,1-3H3. The number of aromatic nitrogens is 3. The molecule has 136 valence electrons. The van der Waals surface area contributed by atoms with E-state index in [2.05, 4.69) is 66.5 Å². The van der Waals surface area contributed by atoms with Crippen LogP contribution in [-0.2, 0) is 13.1 Å². The van der Waals surface area contributed by atoms with Gasteiger partial charge in [-0.1, -0.05) is 51.1 Å². The summed E-state index contributed by atoms with van der Waals surface area (Å²) < 4.78 is 1.95. The van der Waals surface area contributed by atoms with Crippen molar-refractivity contribution in [3.63, 3.8) is 0 Å². The first-order chi connectivity index (χ1) is 12.5. The fraction of sp³-hybridized carbons (Fsp3) is 0.364. The molecule has 0 aliphatic carbocycles. The van der Waals surface area contributed by atoms with Crippen LogP contribution in [0.3, 0.4) is 0 Å². The molecular weight excluding hydrogens is 320 g/mol. The van der Waals surface area contributed by atoms with E-state index in [-0.39, 0.29) is 5.41 Å². The monoisotopic (exact) mass is 348 g/mol. The molecule has 0 aliphatic rings.